The predicted octanol–water partition coefficient (Wildman–Crippen LogP) is 2.93. The first-order valence-corrected chi connectivity index (χ1v) is 11.6. The van der Waals surface area contributed by atoms with Gasteiger partial charge in [-0.1, -0.05) is 36.3 Å². The maximum Gasteiger partial charge on any atom is 0.309 e. The molecule has 182 valence electrons. The van der Waals surface area contributed by atoms with E-state index in [1.165, 1.54) is 0 Å². The summed E-state index contributed by atoms with van der Waals surface area (Å²) in [6.07, 6.45) is 5.21. The van der Waals surface area contributed by atoms with Crippen LogP contribution < -0.4 is 15.4 Å². The summed E-state index contributed by atoms with van der Waals surface area (Å²) in [7, 11) is 1.63. The highest BCUT2D eigenvalue weighted by Gasteiger charge is 2.44. The summed E-state index contributed by atoms with van der Waals surface area (Å²) in [5.41, 5.74) is 2.81. The third-order valence-electron chi connectivity index (χ3n) is 6.26. The molecule has 0 unspecified atom stereocenters. The van der Waals surface area contributed by atoms with Crippen molar-refractivity contribution in [1.29, 1.82) is 5.41 Å². The molecular formula is C28H26N4O4. The van der Waals surface area contributed by atoms with E-state index < -0.39 is 11.8 Å². The van der Waals surface area contributed by atoms with Crippen molar-refractivity contribution in [3.8, 4) is 17.6 Å². The number of hydrogen-bond acceptors (Lipinski definition) is 6. The fourth-order valence-electron chi connectivity index (χ4n) is 4.14. The third-order valence-corrected chi connectivity index (χ3v) is 6.26. The van der Waals surface area contributed by atoms with Crippen molar-refractivity contribution in [1.82, 2.24) is 15.6 Å². The Morgan fingerprint density at radius 3 is 2.64 bits per heavy atom. The number of nitrogens with zero attached hydrogens (tertiary/aromatic N) is 1. The summed E-state index contributed by atoms with van der Waals surface area (Å²) < 4.78 is 5.48. The highest BCUT2D eigenvalue weighted by Crippen LogP contribution is 2.53. The first kappa shape index (κ1) is 24.6. The Labute approximate surface area is 209 Å². The van der Waals surface area contributed by atoms with E-state index in [9.17, 15) is 14.4 Å². The Bertz CT molecular complexity index is 1400. The summed E-state index contributed by atoms with van der Waals surface area (Å²) in [5.74, 6) is 4.58. The van der Waals surface area contributed by atoms with Crippen molar-refractivity contribution >= 4 is 34.7 Å². The van der Waals surface area contributed by atoms with Gasteiger partial charge in [-0.3, -0.25) is 19.4 Å². The van der Waals surface area contributed by atoms with Crippen LogP contribution in [-0.4, -0.2) is 42.5 Å². The van der Waals surface area contributed by atoms with Gasteiger partial charge in [0.25, 0.3) is 0 Å². The highest BCUT2D eigenvalue weighted by molar-refractivity contribution is 6.35. The molecule has 8 heteroatoms. The standard InChI is InChI=1S/C28H26N4O4/c1-36-20-16-23(22-8-5-14-30-24(22)17-20)28(11-12-28)10-4-9-25(33)21-7-3-2-6-19(21)18-32-27(35)26(34)31-15-13-29/h2-3,5-8,13-14,16-17,29H,10-12,15,18H2,1H3,(H,31,34)(H,32,35). The summed E-state index contributed by atoms with van der Waals surface area (Å²) in [4.78, 5) is 41.0. The minimum atomic E-state index is -0.836. The number of hydrogen-bond donors (Lipinski definition) is 3. The van der Waals surface area contributed by atoms with Gasteiger partial charge < -0.3 is 20.8 Å². The smallest absolute Gasteiger partial charge is 0.309 e. The van der Waals surface area contributed by atoms with E-state index >= 15 is 0 Å². The van der Waals surface area contributed by atoms with Gasteiger partial charge in [0.2, 0.25) is 5.78 Å². The maximum absolute atomic E-state index is 12.9. The topological polar surface area (TPSA) is 121 Å². The lowest BCUT2D eigenvalue weighted by Gasteiger charge is -2.16. The van der Waals surface area contributed by atoms with Gasteiger partial charge in [0.05, 0.1) is 19.2 Å². The zero-order valence-corrected chi connectivity index (χ0v) is 19.9. The molecule has 0 radical (unpaired) electrons. The molecule has 0 spiro atoms. The van der Waals surface area contributed by atoms with Crippen LogP contribution in [0.4, 0.5) is 0 Å². The van der Waals surface area contributed by atoms with Gasteiger partial charge in [0, 0.05) is 47.8 Å². The van der Waals surface area contributed by atoms with E-state index in [1.54, 1.807) is 37.6 Å². The van der Waals surface area contributed by atoms with Crippen LogP contribution in [0.2, 0.25) is 0 Å². The number of Topliss-reactive ketones (excluding diaryl/α,β-unsaturated/α-hetero) is 1. The van der Waals surface area contributed by atoms with E-state index in [1.807, 2.05) is 24.3 Å². The second-order valence-corrected chi connectivity index (χ2v) is 8.59. The summed E-state index contributed by atoms with van der Waals surface area (Å²) in [6.45, 7) is -0.0202. The molecule has 3 aromatic rings. The molecule has 4 rings (SSSR count). The lowest BCUT2D eigenvalue weighted by atomic mass is 9.89. The van der Waals surface area contributed by atoms with Gasteiger partial charge >= 0.3 is 11.8 Å². The van der Waals surface area contributed by atoms with Gasteiger partial charge in [0.15, 0.2) is 0 Å². The van der Waals surface area contributed by atoms with Gasteiger partial charge in [-0.05, 0) is 42.0 Å². The number of benzene rings is 2. The minimum Gasteiger partial charge on any atom is -0.497 e. The first-order valence-electron chi connectivity index (χ1n) is 11.6. The number of rotatable bonds is 8. The number of nitrogens with one attached hydrogen (secondary N) is 3. The normalized spacial score (nSPS) is 13.1. The van der Waals surface area contributed by atoms with E-state index in [2.05, 4.69) is 27.5 Å². The van der Waals surface area contributed by atoms with E-state index in [0.29, 0.717) is 17.5 Å². The molecule has 1 aliphatic rings. The fourth-order valence-corrected chi connectivity index (χ4v) is 4.14. The highest BCUT2D eigenvalue weighted by atomic mass is 16.5. The van der Waals surface area contributed by atoms with E-state index in [0.717, 1.165) is 41.3 Å². The number of amides is 2. The van der Waals surface area contributed by atoms with Gasteiger partial charge in [-0.2, -0.15) is 0 Å². The molecule has 0 saturated heterocycles. The van der Waals surface area contributed by atoms with Crippen molar-refractivity contribution in [2.24, 2.45) is 0 Å². The van der Waals surface area contributed by atoms with E-state index in [4.69, 9.17) is 10.1 Å². The molecule has 1 aliphatic carbocycles. The zero-order chi connectivity index (χ0) is 25.5. The molecule has 8 nitrogen and oxygen atoms in total. The third kappa shape index (κ3) is 5.41. The van der Waals surface area contributed by atoms with Gasteiger partial charge in [0.1, 0.15) is 5.75 Å². The summed E-state index contributed by atoms with van der Waals surface area (Å²) in [5, 5.41) is 12.8. The van der Waals surface area contributed by atoms with Crippen molar-refractivity contribution in [2.45, 2.75) is 31.2 Å². The minimum absolute atomic E-state index is 0.00712. The number of aromatic nitrogens is 1. The number of carbonyl (C=O) groups excluding carboxylic acids is 3. The second-order valence-electron chi connectivity index (χ2n) is 8.59. The number of ketones is 1. The Hall–Kier alpha value is -4.51. The van der Waals surface area contributed by atoms with Crippen LogP contribution in [-0.2, 0) is 21.5 Å². The average Bonchev–Trinajstić information content (AvgIpc) is 3.70. The van der Waals surface area contributed by atoms with Crippen LogP contribution in [0.5, 0.6) is 5.75 Å². The molecule has 1 fully saturated rings. The first-order chi connectivity index (χ1) is 17.5. The molecule has 36 heavy (non-hydrogen) atoms. The van der Waals surface area contributed by atoms with Crippen molar-refractivity contribution < 1.29 is 19.1 Å². The number of methoxy groups -OCH3 is 1. The Morgan fingerprint density at radius 1 is 1.11 bits per heavy atom. The van der Waals surface area contributed by atoms with Gasteiger partial charge in [-0.25, -0.2) is 0 Å². The van der Waals surface area contributed by atoms with Crippen molar-refractivity contribution in [3.05, 3.63) is 71.4 Å². The molecule has 3 N–H and O–H groups in total. The maximum atomic E-state index is 12.9. The number of fused-ring (bicyclic) bond motifs is 1. The Balaban J connectivity index is 1.48. The largest absolute Gasteiger partial charge is 0.497 e. The van der Waals surface area contributed by atoms with Crippen LogP contribution in [0.1, 0.15) is 40.7 Å². The van der Waals surface area contributed by atoms with Crippen LogP contribution in [0.3, 0.4) is 0 Å². The SMILES string of the molecule is COc1cc(C2(CC#CC(=O)c3ccccc3CNC(=O)C(=O)NCC=N)CC2)c2cccnc2c1. The molecule has 1 aromatic heterocycles. The quantitative estimate of drug-likeness (QED) is 0.150. The fraction of sp³-hybridized carbons (Fsp3) is 0.250. The molecule has 0 aliphatic heterocycles. The Kier molecular flexibility index (Phi) is 7.40. The molecule has 1 heterocycles. The lowest BCUT2D eigenvalue weighted by Crippen LogP contribution is -2.40. The summed E-state index contributed by atoms with van der Waals surface area (Å²) >= 11 is 0. The van der Waals surface area contributed by atoms with Crippen molar-refractivity contribution in [3.63, 3.8) is 0 Å². The zero-order valence-electron chi connectivity index (χ0n) is 19.9. The van der Waals surface area contributed by atoms with Crippen LogP contribution in [0.25, 0.3) is 10.9 Å². The number of ether oxygens (including phenoxy) is 1. The second kappa shape index (κ2) is 10.8. The van der Waals surface area contributed by atoms with E-state index in [-0.39, 0.29) is 24.3 Å². The van der Waals surface area contributed by atoms with Crippen LogP contribution in [0.15, 0.2) is 54.7 Å². The number of carbonyl (C=O) groups is 3. The average molecular weight is 483 g/mol. The molecule has 2 aromatic carbocycles. The van der Waals surface area contributed by atoms with Crippen LogP contribution >= 0.6 is 0 Å². The lowest BCUT2D eigenvalue weighted by molar-refractivity contribution is -0.139. The monoisotopic (exact) mass is 482 g/mol. The summed E-state index contributed by atoms with van der Waals surface area (Å²) in [6, 6.07) is 14.8. The molecule has 2 amide bonds. The molecule has 0 atom stereocenters. The van der Waals surface area contributed by atoms with Crippen molar-refractivity contribution in [2.75, 3.05) is 13.7 Å². The van der Waals surface area contributed by atoms with Gasteiger partial charge in [-0.15, -0.1) is 0 Å². The number of pyridine rings is 1. The predicted molar refractivity (Wildman–Crippen MR) is 136 cm³/mol. The molecule has 0 bridgehead atoms. The Morgan fingerprint density at radius 2 is 1.89 bits per heavy atom. The van der Waals surface area contributed by atoms with Crippen LogP contribution in [0, 0.1) is 17.3 Å². The molecule has 1 saturated carbocycles. The molecular weight excluding hydrogens is 456 g/mol.